The first-order chi connectivity index (χ1) is 5.95. The van der Waals surface area contributed by atoms with E-state index < -0.39 is 0 Å². The average molecular weight is 165 g/mol. The van der Waals surface area contributed by atoms with Gasteiger partial charge in [0.2, 0.25) is 0 Å². The molecule has 1 aromatic rings. The molecule has 12 heavy (non-hydrogen) atoms. The average Bonchev–Trinajstić information content (AvgIpc) is 2.76. The van der Waals surface area contributed by atoms with Crippen molar-refractivity contribution >= 4 is 0 Å². The van der Waals surface area contributed by atoms with E-state index in [1.807, 2.05) is 6.07 Å². The molecule has 1 heterocycles. The summed E-state index contributed by atoms with van der Waals surface area (Å²) in [4.78, 5) is 0. The van der Waals surface area contributed by atoms with Crippen molar-refractivity contribution in [2.24, 2.45) is 5.92 Å². The van der Waals surface area contributed by atoms with E-state index in [9.17, 15) is 0 Å². The van der Waals surface area contributed by atoms with E-state index in [4.69, 9.17) is 0 Å². The highest BCUT2D eigenvalue weighted by molar-refractivity contribution is 4.97. The summed E-state index contributed by atoms with van der Waals surface area (Å²) in [6, 6.07) is 2.03. The number of aromatic amines is 1. The zero-order valence-corrected chi connectivity index (χ0v) is 7.21. The molecule has 0 spiro atoms. The Hall–Kier alpha value is -0.830. The Balaban J connectivity index is 1.56. The number of hydrogen-bond acceptors (Lipinski definition) is 2. The van der Waals surface area contributed by atoms with E-state index in [2.05, 4.69) is 15.5 Å². The third-order valence-corrected chi connectivity index (χ3v) is 2.26. The van der Waals surface area contributed by atoms with Gasteiger partial charge in [0.15, 0.2) is 0 Å². The maximum absolute atomic E-state index is 3.90. The molecule has 0 bridgehead atoms. The maximum Gasteiger partial charge on any atom is 0.0490 e. The molecule has 0 atom stereocenters. The van der Waals surface area contributed by atoms with Crippen molar-refractivity contribution < 1.29 is 0 Å². The predicted molar refractivity (Wildman–Crippen MR) is 47.9 cm³/mol. The van der Waals surface area contributed by atoms with Crippen LogP contribution in [0.5, 0.6) is 0 Å². The molecule has 3 nitrogen and oxygen atoms in total. The van der Waals surface area contributed by atoms with Gasteiger partial charge in [-0.25, -0.2) is 0 Å². The van der Waals surface area contributed by atoms with Crippen LogP contribution in [0.3, 0.4) is 0 Å². The Bertz CT molecular complexity index is 214. The quantitative estimate of drug-likeness (QED) is 0.638. The summed E-state index contributed by atoms with van der Waals surface area (Å²) in [6.07, 6.45) is 5.72. The number of rotatable bonds is 5. The topological polar surface area (TPSA) is 40.7 Å². The van der Waals surface area contributed by atoms with Gasteiger partial charge in [-0.2, -0.15) is 5.10 Å². The third kappa shape index (κ3) is 2.34. The lowest BCUT2D eigenvalue weighted by Gasteiger charge is -2.00. The molecular formula is C9H15N3. The number of aromatic nitrogens is 2. The normalized spacial score (nSPS) is 16.7. The van der Waals surface area contributed by atoms with Crippen LogP contribution in [0.2, 0.25) is 0 Å². The Kier molecular flexibility index (Phi) is 2.42. The van der Waals surface area contributed by atoms with E-state index in [1.54, 1.807) is 6.20 Å². The fraction of sp³-hybridized carbons (Fsp3) is 0.667. The Morgan fingerprint density at radius 3 is 3.17 bits per heavy atom. The molecule has 1 fully saturated rings. The smallest absolute Gasteiger partial charge is 0.0490 e. The fourth-order valence-electron chi connectivity index (χ4n) is 1.28. The van der Waals surface area contributed by atoms with E-state index in [0.29, 0.717) is 0 Å². The molecule has 2 rings (SSSR count). The number of nitrogens with one attached hydrogen (secondary N) is 2. The van der Waals surface area contributed by atoms with Gasteiger partial charge in [-0.3, -0.25) is 5.10 Å². The molecular weight excluding hydrogens is 150 g/mol. The fourth-order valence-corrected chi connectivity index (χ4v) is 1.28. The van der Waals surface area contributed by atoms with Gasteiger partial charge >= 0.3 is 0 Å². The van der Waals surface area contributed by atoms with Gasteiger partial charge in [0, 0.05) is 24.9 Å². The number of nitrogens with zero attached hydrogens (tertiary/aromatic N) is 1. The molecule has 1 aromatic heterocycles. The van der Waals surface area contributed by atoms with Crippen molar-refractivity contribution in [3.05, 3.63) is 18.0 Å². The van der Waals surface area contributed by atoms with Gasteiger partial charge < -0.3 is 5.32 Å². The zero-order chi connectivity index (χ0) is 8.23. The highest BCUT2D eigenvalue weighted by Crippen LogP contribution is 2.27. The van der Waals surface area contributed by atoms with Gasteiger partial charge in [0.1, 0.15) is 0 Å². The third-order valence-electron chi connectivity index (χ3n) is 2.26. The molecule has 0 amide bonds. The van der Waals surface area contributed by atoms with Crippen molar-refractivity contribution in [2.75, 3.05) is 13.1 Å². The molecule has 0 aliphatic heterocycles. The van der Waals surface area contributed by atoms with Gasteiger partial charge in [0.05, 0.1) is 0 Å². The van der Waals surface area contributed by atoms with Crippen molar-refractivity contribution in [3.63, 3.8) is 0 Å². The number of H-pyrrole nitrogens is 1. The summed E-state index contributed by atoms with van der Waals surface area (Å²) in [6.45, 7) is 2.27. The van der Waals surface area contributed by atoms with Crippen LogP contribution < -0.4 is 5.32 Å². The molecule has 1 saturated carbocycles. The Morgan fingerprint density at radius 1 is 1.58 bits per heavy atom. The van der Waals surface area contributed by atoms with E-state index in [0.717, 1.165) is 18.9 Å². The summed E-state index contributed by atoms with van der Waals surface area (Å²) >= 11 is 0. The van der Waals surface area contributed by atoms with Crippen molar-refractivity contribution in [2.45, 2.75) is 19.3 Å². The van der Waals surface area contributed by atoms with E-state index >= 15 is 0 Å². The van der Waals surface area contributed by atoms with Crippen molar-refractivity contribution in [1.82, 2.24) is 15.5 Å². The Morgan fingerprint density at radius 2 is 2.50 bits per heavy atom. The van der Waals surface area contributed by atoms with Crippen molar-refractivity contribution in [3.8, 4) is 0 Å². The second-order valence-corrected chi connectivity index (χ2v) is 3.48. The minimum atomic E-state index is 0.978. The Labute approximate surface area is 72.6 Å². The van der Waals surface area contributed by atoms with Gasteiger partial charge in [-0.05, 0) is 31.4 Å². The second kappa shape index (κ2) is 3.72. The lowest BCUT2D eigenvalue weighted by Crippen LogP contribution is -2.19. The standard InChI is InChI=1S/C9H15N3/c1-2-8(1)7-10-5-3-9-4-6-11-12-9/h4,6,8,10H,1-3,5,7H2,(H,11,12). The molecule has 0 unspecified atom stereocenters. The first-order valence-electron chi connectivity index (χ1n) is 4.64. The van der Waals surface area contributed by atoms with Crippen LogP contribution in [0.15, 0.2) is 12.3 Å². The molecule has 1 aliphatic rings. The zero-order valence-electron chi connectivity index (χ0n) is 7.21. The largest absolute Gasteiger partial charge is 0.316 e. The molecule has 66 valence electrons. The van der Waals surface area contributed by atoms with Crippen LogP contribution in [-0.2, 0) is 6.42 Å². The van der Waals surface area contributed by atoms with Crippen LogP contribution in [0.1, 0.15) is 18.5 Å². The van der Waals surface area contributed by atoms with Crippen LogP contribution in [0.4, 0.5) is 0 Å². The van der Waals surface area contributed by atoms with Gasteiger partial charge in [-0.1, -0.05) is 0 Å². The lowest BCUT2D eigenvalue weighted by molar-refractivity contribution is 0.633. The van der Waals surface area contributed by atoms with Gasteiger partial charge in [-0.15, -0.1) is 0 Å². The van der Waals surface area contributed by atoms with Crippen LogP contribution in [0, 0.1) is 5.92 Å². The predicted octanol–water partition coefficient (Wildman–Crippen LogP) is 0.952. The molecule has 3 heteroatoms. The maximum atomic E-state index is 3.90. The molecule has 2 N–H and O–H groups in total. The number of hydrogen-bond donors (Lipinski definition) is 2. The van der Waals surface area contributed by atoms with Crippen LogP contribution in [-0.4, -0.2) is 23.3 Å². The van der Waals surface area contributed by atoms with E-state index in [1.165, 1.54) is 25.1 Å². The van der Waals surface area contributed by atoms with E-state index in [-0.39, 0.29) is 0 Å². The SMILES string of the molecule is c1cc(CCNCC2CC2)[nH]n1. The first-order valence-corrected chi connectivity index (χ1v) is 4.64. The summed E-state index contributed by atoms with van der Waals surface area (Å²) in [5.74, 6) is 0.978. The van der Waals surface area contributed by atoms with Crippen LogP contribution >= 0.6 is 0 Å². The minimum Gasteiger partial charge on any atom is -0.316 e. The highest BCUT2D eigenvalue weighted by Gasteiger charge is 2.19. The van der Waals surface area contributed by atoms with Crippen LogP contribution in [0.25, 0.3) is 0 Å². The van der Waals surface area contributed by atoms with Gasteiger partial charge in [0.25, 0.3) is 0 Å². The summed E-state index contributed by atoms with van der Waals surface area (Å²) in [5.41, 5.74) is 1.22. The summed E-state index contributed by atoms with van der Waals surface area (Å²) in [5, 5.41) is 10.3. The molecule has 0 saturated heterocycles. The monoisotopic (exact) mass is 165 g/mol. The highest BCUT2D eigenvalue weighted by atomic mass is 15.1. The lowest BCUT2D eigenvalue weighted by atomic mass is 10.3. The molecule has 1 aliphatic carbocycles. The minimum absolute atomic E-state index is 0.978. The summed E-state index contributed by atoms with van der Waals surface area (Å²) in [7, 11) is 0. The second-order valence-electron chi connectivity index (χ2n) is 3.48. The molecule has 0 aromatic carbocycles. The first kappa shape index (κ1) is 7.80. The molecule has 0 radical (unpaired) electrons. The van der Waals surface area contributed by atoms with Crippen molar-refractivity contribution in [1.29, 1.82) is 0 Å². The summed E-state index contributed by atoms with van der Waals surface area (Å²) < 4.78 is 0.